The highest BCUT2D eigenvalue weighted by atomic mass is 14.9. The lowest BCUT2D eigenvalue weighted by atomic mass is 9.83. The molecule has 0 saturated heterocycles. The molecule has 0 aliphatic heterocycles. The molecule has 0 N–H and O–H groups in total. The molecule has 10 rings (SSSR count). The van der Waals surface area contributed by atoms with E-state index in [1.165, 1.54) is 109 Å². The summed E-state index contributed by atoms with van der Waals surface area (Å²) >= 11 is 0. The zero-order valence-corrected chi connectivity index (χ0v) is 33.0. The van der Waals surface area contributed by atoms with Gasteiger partial charge in [0.1, 0.15) is 0 Å². The molecule has 2 heteroatoms. The summed E-state index contributed by atoms with van der Waals surface area (Å²) in [7, 11) is 0. The van der Waals surface area contributed by atoms with Crippen LogP contribution in [0.1, 0.15) is 105 Å². The Bertz CT molecular complexity index is 2920. The van der Waals surface area contributed by atoms with Crippen molar-refractivity contribution in [3.63, 3.8) is 0 Å². The average Bonchev–Trinajstić information content (AvgIpc) is 3.78. The van der Waals surface area contributed by atoms with E-state index >= 15 is 0 Å². The Morgan fingerprint density at radius 3 is 0.942 bits per heavy atom. The van der Waals surface area contributed by atoms with Gasteiger partial charge in [0.15, 0.2) is 0 Å². The fourth-order valence-electron chi connectivity index (χ4n) is 9.30. The van der Waals surface area contributed by atoms with E-state index in [-0.39, 0.29) is 21.7 Å². The van der Waals surface area contributed by atoms with Crippen LogP contribution < -0.4 is 0 Å². The standard InChI is InChI=1S/C50H50N2/c1-47(2,3)27-13-17-39-33(21-27)35-23-29(49(7,8)9)25-37-43-31-16-20-42-44(32(31)15-19-41(43)51(39)45(35)37)38-26-30(50(10,11)12)24-36-34-22-28(48(4,5)6)14-18-40(34)52(42)46(36)38/h13-26H,1-12H3. The van der Waals surface area contributed by atoms with Crippen LogP contribution in [0.25, 0.3) is 87.0 Å². The van der Waals surface area contributed by atoms with Crippen molar-refractivity contribution >= 4 is 87.0 Å². The highest BCUT2D eigenvalue weighted by Crippen LogP contribution is 2.49. The molecule has 0 saturated carbocycles. The Kier molecular flexibility index (Phi) is 5.87. The van der Waals surface area contributed by atoms with E-state index < -0.39 is 0 Å². The van der Waals surface area contributed by atoms with E-state index in [0.717, 1.165) is 0 Å². The highest BCUT2D eigenvalue weighted by Gasteiger charge is 2.28. The van der Waals surface area contributed by atoms with Crippen molar-refractivity contribution in [2.75, 3.05) is 0 Å². The first kappa shape index (κ1) is 31.9. The fourth-order valence-corrected chi connectivity index (χ4v) is 9.30. The number of fused-ring (bicyclic) bond motifs is 15. The summed E-state index contributed by atoms with van der Waals surface area (Å²) in [5.74, 6) is 0. The number of nitrogens with zero attached hydrogens (tertiary/aromatic N) is 2. The minimum atomic E-state index is 0.0196. The lowest BCUT2D eigenvalue weighted by molar-refractivity contribution is 0.590. The molecule has 52 heavy (non-hydrogen) atoms. The van der Waals surface area contributed by atoms with Crippen LogP contribution in [0.2, 0.25) is 0 Å². The Labute approximate surface area is 306 Å². The van der Waals surface area contributed by atoms with Crippen molar-refractivity contribution in [3.8, 4) is 0 Å². The van der Waals surface area contributed by atoms with Crippen LogP contribution in [0.3, 0.4) is 0 Å². The van der Waals surface area contributed by atoms with Crippen LogP contribution in [0.4, 0.5) is 0 Å². The minimum Gasteiger partial charge on any atom is -0.308 e. The predicted molar refractivity (Wildman–Crippen MR) is 228 cm³/mol. The van der Waals surface area contributed by atoms with E-state index in [1.807, 2.05) is 0 Å². The molecule has 0 radical (unpaired) electrons. The van der Waals surface area contributed by atoms with E-state index in [9.17, 15) is 0 Å². The van der Waals surface area contributed by atoms with Gasteiger partial charge >= 0.3 is 0 Å². The lowest BCUT2D eigenvalue weighted by Gasteiger charge is -2.20. The normalized spacial score (nSPS) is 14.2. The largest absolute Gasteiger partial charge is 0.308 e. The third-order valence-corrected chi connectivity index (χ3v) is 12.4. The van der Waals surface area contributed by atoms with Crippen LogP contribution in [0.15, 0.2) is 84.9 Å². The molecule has 10 aromatic rings. The monoisotopic (exact) mass is 678 g/mol. The van der Waals surface area contributed by atoms with E-state index in [4.69, 9.17) is 0 Å². The predicted octanol–water partition coefficient (Wildman–Crippen LogP) is 14.3. The third-order valence-electron chi connectivity index (χ3n) is 12.4. The Balaban J connectivity index is 1.39. The van der Waals surface area contributed by atoms with Crippen LogP contribution in [-0.2, 0) is 21.7 Å². The first-order valence-electron chi connectivity index (χ1n) is 19.2. The summed E-state index contributed by atoms with van der Waals surface area (Å²) in [4.78, 5) is 0. The first-order chi connectivity index (χ1) is 24.3. The van der Waals surface area contributed by atoms with Crippen LogP contribution in [-0.4, -0.2) is 8.80 Å². The van der Waals surface area contributed by atoms with E-state index in [0.29, 0.717) is 0 Å². The molecule has 0 spiro atoms. The molecule has 0 fully saturated rings. The number of benzene rings is 6. The molecular formula is C50H50N2. The fraction of sp³-hybridized carbons (Fsp3) is 0.320. The zero-order chi connectivity index (χ0) is 36.6. The molecule has 0 unspecified atom stereocenters. The Morgan fingerprint density at radius 2 is 0.596 bits per heavy atom. The lowest BCUT2D eigenvalue weighted by Crippen LogP contribution is -2.11. The topological polar surface area (TPSA) is 8.82 Å². The van der Waals surface area contributed by atoms with Gasteiger partial charge in [-0.15, -0.1) is 0 Å². The molecule has 2 nitrogen and oxygen atoms in total. The van der Waals surface area contributed by atoms with Gasteiger partial charge in [-0.25, -0.2) is 0 Å². The quantitative estimate of drug-likeness (QED) is 0.151. The van der Waals surface area contributed by atoms with Gasteiger partial charge in [0.2, 0.25) is 0 Å². The second-order valence-corrected chi connectivity index (χ2v) is 20.0. The number of hydrogen-bond donors (Lipinski definition) is 0. The molecule has 0 aliphatic rings. The second kappa shape index (κ2) is 9.58. The van der Waals surface area contributed by atoms with Crippen molar-refractivity contribution in [1.29, 1.82) is 0 Å². The molecule has 4 heterocycles. The van der Waals surface area contributed by atoms with Crippen molar-refractivity contribution < 1.29 is 0 Å². The van der Waals surface area contributed by atoms with E-state index in [2.05, 4.69) is 177 Å². The Hall–Kier alpha value is -4.82. The van der Waals surface area contributed by atoms with Gasteiger partial charge in [-0.3, -0.25) is 0 Å². The van der Waals surface area contributed by atoms with Gasteiger partial charge in [-0.2, -0.15) is 0 Å². The Morgan fingerprint density at radius 1 is 0.288 bits per heavy atom. The smallest absolute Gasteiger partial charge is 0.0620 e. The van der Waals surface area contributed by atoms with Crippen LogP contribution in [0, 0.1) is 0 Å². The molecule has 6 aromatic carbocycles. The average molecular weight is 679 g/mol. The SMILES string of the molecule is CC(C)(C)c1ccc2c(c1)c1cc(C(C)(C)C)cc3c4c5ccc6c(c5ccc4n2c13)c1cc(C(C)(C)C)cc2c3cc(C(C)(C)C)ccc3n6c21. The maximum absolute atomic E-state index is 2.56. The number of rotatable bonds is 0. The molecule has 260 valence electrons. The van der Waals surface area contributed by atoms with Gasteiger partial charge in [-0.05, 0) is 115 Å². The molecule has 0 bridgehead atoms. The van der Waals surface area contributed by atoms with Gasteiger partial charge in [-0.1, -0.05) is 107 Å². The summed E-state index contributed by atoms with van der Waals surface area (Å²) in [5.41, 5.74) is 13.6. The van der Waals surface area contributed by atoms with Crippen molar-refractivity contribution in [2.45, 2.75) is 105 Å². The van der Waals surface area contributed by atoms with Gasteiger partial charge < -0.3 is 8.80 Å². The molecule has 0 amide bonds. The summed E-state index contributed by atoms with van der Waals surface area (Å²) in [5, 5.41) is 13.6. The first-order valence-corrected chi connectivity index (χ1v) is 19.2. The summed E-state index contributed by atoms with van der Waals surface area (Å²) in [6.07, 6.45) is 0. The van der Waals surface area contributed by atoms with E-state index in [1.54, 1.807) is 0 Å². The summed E-state index contributed by atoms with van der Waals surface area (Å²) < 4.78 is 5.12. The summed E-state index contributed by atoms with van der Waals surface area (Å²) in [6, 6.07) is 34.0. The van der Waals surface area contributed by atoms with Gasteiger partial charge in [0, 0.05) is 43.1 Å². The maximum Gasteiger partial charge on any atom is 0.0620 e. The molecule has 0 atom stereocenters. The molecule has 0 aliphatic carbocycles. The minimum absolute atomic E-state index is 0.0196. The summed E-state index contributed by atoms with van der Waals surface area (Å²) in [6.45, 7) is 28.0. The van der Waals surface area contributed by atoms with Crippen LogP contribution >= 0.6 is 0 Å². The highest BCUT2D eigenvalue weighted by molar-refractivity contribution is 6.35. The van der Waals surface area contributed by atoms with Crippen LogP contribution in [0.5, 0.6) is 0 Å². The van der Waals surface area contributed by atoms with Crippen molar-refractivity contribution in [3.05, 3.63) is 107 Å². The van der Waals surface area contributed by atoms with Crippen molar-refractivity contribution in [2.24, 2.45) is 0 Å². The van der Waals surface area contributed by atoms with Gasteiger partial charge in [0.25, 0.3) is 0 Å². The molecule has 4 aromatic heterocycles. The zero-order valence-electron chi connectivity index (χ0n) is 33.0. The van der Waals surface area contributed by atoms with Gasteiger partial charge in [0.05, 0.1) is 33.1 Å². The molecular weight excluding hydrogens is 629 g/mol. The number of aromatic nitrogens is 2. The third kappa shape index (κ3) is 4.07. The second-order valence-electron chi connectivity index (χ2n) is 20.0. The van der Waals surface area contributed by atoms with Crippen molar-refractivity contribution in [1.82, 2.24) is 8.80 Å². The maximum atomic E-state index is 2.56. The number of hydrogen-bond acceptors (Lipinski definition) is 0.